The summed E-state index contributed by atoms with van der Waals surface area (Å²) in [4.78, 5) is 12.9. The van der Waals surface area contributed by atoms with E-state index in [0.717, 1.165) is 38.4 Å². The molecular weight excluding hydrogens is 447 g/mol. The van der Waals surface area contributed by atoms with Crippen LogP contribution in [0.25, 0.3) is 10.8 Å². The average Bonchev–Trinajstić information content (AvgIpc) is 2.69. The summed E-state index contributed by atoms with van der Waals surface area (Å²) >= 11 is 12.8. The Kier molecular flexibility index (Phi) is 6.63. The molecule has 0 atom stereocenters. The van der Waals surface area contributed by atoms with E-state index in [1.807, 2.05) is 25.1 Å². The lowest BCUT2D eigenvalue weighted by atomic mass is 9.85. The molecule has 2 fully saturated rings. The Balaban J connectivity index is 0.000000775. The molecule has 0 radical (unpaired) electrons. The fourth-order valence-corrected chi connectivity index (χ4v) is 5.43. The van der Waals surface area contributed by atoms with Crippen molar-refractivity contribution in [3.8, 4) is 0 Å². The first kappa shape index (κ1) is 22.9. The third-order valence-electron chi connectivity index (χ3n) is 6.15. The Labute approximate surface area is 197 Å². The summed E-state index contributed by atoms with van der Waals surface area (Å²) in [5.74, 6) is 0.464. The molecule has 2 heterocycles. The van der Waals surface area contributed by atoms with Crippen molar-refractivity contribution in [3.63, 3.8) is 0 Å². The highest BCUT2D eigenvalue weighted by Gasteiger charge is 2.36. The minimum absolute atomic E-state index is 0.250. The normalized spacial score (nSPS) is 17.8. The van der Waals surface area contributed by atoms with Crippen molar-refractivity contribution in [2.75, 3.05) is 31.1 Å². The fraction of sp³-hybridized carbons (Fsp3) is 0.320. The molecule has 0 saturated carbocycles. The largest absolute Gasteiger partial charge is 0.483 e. The smallest absolute Gasteiger partial charge is 0.290 e. The number of rotatable bonds is 4. The maximum Gasteiger partial charge on any atom is 0.290 e. The van der Waals surface area contributed by atoms with E-state index in [9.17, 15) is 5.11 Å². The zero-order valence-electron chi connectivity index (χ0n) is 17.8. The third kappa shape index (κ3) is 4.57. The number of halogens is 2. The van der Waals surface area contributed by atoms with Crippen molar-refractivity contribution in [1.82, 2.24) is 4.90 Å². The Morgan fingerprint density at radius 3 is 2.19 bits per heavy atom. The second-order valence-corrected chi connectivity index (χ2v) is 9.59. The summed E-state index contributed by atoms with van der Waals surface area (Å²) in [7, 11) is 0. The summed E-state index contributed by atoms with van der Waals surface area (Å²) in [5, 5.41) is 21.0. The molecule has 0 amide bonds. The zero-order chi connectivity index (χ0) is 22.9. The molecule has 32 heavy (non-hydrogen) atoms. The van der Waals surface area contributed by atoms with E-state index in [1.54, 1.807) is 0 Å². The van der Waals surface area contributed by atoms with E-state index in [4.69, 9.17) is 33.1 Å². The first-order valence-corrected chi connectivity index (χ1v) is 11.3. The van der Waals surface area contributed by atoms with Gasteiger partial charge in [-0.15, -0.1) is 0 Å². The minimum Gasteiger partial charge on any atom is -0.483 e. The molecular formula is C25H26Cl2N2O3. The predicted molar refractivity (Wildman–Crippen MR) is 130 cm³/mol. The molecule has 2 saturated heterocycles. The second-order valence-electron chi connectivity index (χ2n) is 8.78. The van der Waals surface area contributed by atoms with Gasteiger partial charge >= 0.3 is 0 Å². The molecule has 2 N–H and O–H groups in total. The van der Waals surface area contributed by atoms with Crippen LogP contribution >= 0.6 is 23.2 Å². The van der Waals surface area contributed by atoms with Crippen LogP contribution in [0.2, 0.25) is 10.0 Å². The van der Waals surface area contributed by atoms with Crippen molar-refractivity contribution in [1.29, 1.82) is 0 Å². The van der Waals surface area contributed by atoms with Gasteiger partial charge in [0.2, 0.25) is 0 Å². The minimum atomic E-state index is -0.537. The van der Waals surface area contributed by atoms with Crippen LogP contribution in [0.3, 0.4) is 0 Å². The predicted octanol–water partition coefficient (Wildman–Crippen LogP) is 5.02. The molecule has 2 aliphatic heterocycles. The molecule has 7 heteroatoms. The lowest BCUT2D eigenvalue weighted by Gasteiger charge is -2.44. The molecule has 5 rings (SSSR count). The van der Waals surface area contributed by atoms with Gasteiger partial charge in [-0.2, -0.15) is 0 Å². The van der Waals surface area contributed by atoms with E-state index < -0.39 is 5.60 Å². The van der Waals surface area contributed by atoms with Gasteiger partial charge in [-0.3, -0.25) is 9.69 Å². The first-order valence-electron chi connectivity index (χ1n) is 10.5. The highest BCUT2D eigenvalue weighted by atomic mass is 35.5. The molecule has 0 unspecified atom stereocenters. The van der Waals surface area contributed by atoms with Gasteiger partial charge in [0.05, 0.1) is 21.3 Å². The summed E-state index contributed by atoms with van der Waals surface area (Å²) in [6, 6.07) is 18.9. The fourth-order valence-electron chi connectivity index (χ4n) is 4.80. The lowest BCUT2D eigenvalue weighted by molar-refractivity contribution is -0.122. The quantitative estimate of drug-likeness (QED) is 0.522. The summed E-state index contributed by atoms with van der Waals surface area (Å²) in [6.07, 6.45) is 0. The Morgan fingerprint density at radius 1 is 1.00 bits per heavy atom. The topological polar surface area (TPSA) is 64.0 Å². The number of benzene rings is 3. The van der Waals surface area contributed by atoms with E-state index in [0.29, 0.717) is 16.0 Å². The standard InChI is InChI=1S/C24H24Cl2N2O.CH2O2/c1-24(29)14-27(15-24)11-16-9-10-19(20-6-3-2-5-18(16)20)17-12-28(13-17)23-21(25)7-4-8-22(23)26;2-1-3/h2-10,17,29H,11-15H2,1H3;1H,(H,2,3). The number of hydrogen-bond acceptors (Lipinski definition) is 4. The van der Waals surface area contributed by atoms with Crippen LogP contribution in [0.15, 0.2) is 54.6 Å². The molecule has 0 aromatic heterocycles. The third-order valence-corrected chi connectivity index (χ3v) is 6.76. The molecule has 0 aliphatic carbocycles. The highest BCUT2D eigenvalue weighted by Crippen LogP contribution is 2.42. The van der Waals surface area contributed by atoms with E-state index in [2.05, 4.69) is 46.2 Å². The van der Waals surface area contributed by atoms with Gasteiger partial charge in [0.1, 0.15) is 0 Å². The molecule has 0 spiro atoms. The van der Waals surface area contributed by atoms with Crippen LogP contribution in [0.5, 0.6) is 0 Å². The maximum absolute atomic E-state index is 10.0. The number of hydrogen-bond donors (Lipinski definition) is 2. The number of carboxylic acid groups (broad SMARTS) is 1. The average molecular weight is 473 g/mol. The van der Waals surface area contributed by atoms with Crippen LogP contribution in [0.1, 0.15) is 24.0 Å². The van der Waals surface area contributed by atoms with Gasteiger partial charge in [0.15, 0.2) is 0 Å². The number of nitrogens with zero attached hydrogens (tertiary/aromatic N) is 2. The molecule has 0 bridgehead atoms. The van der Waals surface area contributed by atoms with Gasteiger partial charge in [0.25, 0.3) is 6.47 Å². The molecule has 168 valence electrons. The Hall–Kier alpha value is -2.31. The Bertz CT molecular complexity index is 1100. The van der Waals surface area contributed by atoms with Crippen LogP contribution in [-0.2, 0) is 11.3 Å². The number of aliphatic hydroxyl groups is 1. The number of likely N-dealkylation sites (tertiary alicyclic amines) is 1. The van der Waals surface area contributed by atoms with Crippen molar-refractivity contribution in [3.05, 3.63) is 75.8 Å². The van der Waals surface area contributed by atoms with E-state index in [1.165, 1.54) is 21.9 Å². The van der Waals surface area contributed by atoms with Crippen molar-refractivity contribution in [2.24, 2.45) is 0 Å². The number of fused-ring (bicyclic) bond motifs is 1. The lowest BCUT2D eigenvalue weighted by Crippen LogP contribution is -2.59. The van der Waals surface area contributed by atoms with Gasteiger partial charge in [-0.25, -0.2) is 0 Å². The molecule has 3 aromatic carbocycles. The van der Waals surface area contributed by atoms with Crippen molar-refractivity contribution >= 4 is 46.1 Å². The Morgan fingerprint density at radius 2 is 1.59 bits per heavy atom. The number of anilines is 1. The zero-order valence-corrected chi connectivity index (χ0v) is 19.4. The summed E-state index contributed by atoms with van der Waals surface area (Å²) in [6.45, 7) is 5.84. The van der Waals surface area contributed by atoms with Crippen LogP contribution in [0.4, 0.5) is 5.69 Å². The van der Waals surface area contributed by atoms with Crippen LogP contribution in [0, 0.1) is 0 Å². The van der Waals surface area contributed by atoms with Gasteiger partial charge in [0, 0.05) is 38.6 Å². The highest BCUT2D eigenvalue weighted by molar-refractivity contribution is 6.39. The molecule has 3 aromatic rings. The number of para-hydroxylation sites is 1. The van der Waals surface area contributed by atoms with Gasteiger partial charge < -0.3 is 15.1 Å². The molecule has 5 nitrogen and oxygen atoms in total. The van der Waals surface area contributed by atoms with Crippen LogP contribution in [-0.4, -0.2) is 53.4 Å². The van der Waals surface area contributed by atoms with E-state index in [-0.39, 0.29) is 6.47 Å². The SMILES string of the molecule is CC1(O)CN(Cc2ccc(C3CN(c4c(Cl)cccc4Cl)C3)c3ccccc23)C1.O=CO. The maximum atomic E-state index is 10.0. The van der Waals surface area contributed by atoms with Crippen LogP contribution < -0.4 is 4.90 Å². The van der Waals surface area contributed by atoms with Gasteiger partial charge in [-0.05, 0) is 41.0 Å². The van der Waals surface area contributed by atoms with Crippen molar-refractivity contribution in [2.45, 2.75) is 25.0 Å². The summed E-state index contributed by atoms with van der Waals surface area (Å²) in [5.41, 5.74) is 3.12. The monoisotopic (exact) mass is 472 g/mol. The number of carbonyl (C=O) groups is 1. The second kappa shape index (κ2) is 9.28. The van der Waals surface area contributed by atoms with E-state index >= 15 is 0 Å². The summed E-state index contributed by atoms with van der Waals surface area (Å²) < 4.78 is 0. The van der Waals surface area contributed by atoms with Crippen molar-refractivity contribution < 1.29 is 15.0 Å². The number of β-amino-alcohol motifs (C(OH)–C–C–N with tert-alkyl or cyclic N) is 1. The van der Waals surface area contributed by atoms with Gasteiger partial charge in [-0.1, -0.05) is 65.7 Å². The molecule has 2 aliphatic rings. The first-order chi connectivity index (χ1) is 15.3.